The van der Waals surface area contributed by atoms with E-state index in [1.165, 1.54) is 18.2 Å². The van der Waals surface area contributed by atoms with Crippen LogP contribution < -0.4 is 15.5 Å². The Balaban J connectivity index is 1.35. The fourth-order valence-electron chi connectivity index (χ4n) is 3.85. The number of urea groups is 1. The van der Waals surface area contributed by atoms with Crippen molar-refractivity contribution in [1.82, 2.24) is 15.1 Å². The largest absolute Gasteiger partial charge is 0.336 e. The zero-order valence-electron chi connectivity index (χ0n) is 18.7. The summed E-state index contributed by atoms with van der Waals surface area (Å²) in [5.41, 5.74) is 4.33. The number of nitrogens with zero attached hydrogens (tertiary/aromatic N) is 3. The van der Waals surface area contributed by atoms with Gasteiger partial charge in [-0.2, -0.15) is 5.10 Å². The highest BCUT2D eigenvalue weighted by Crippen LogP contribution is 2.25. The van der Waals surface area contributed by atoms with Crippen molar-refractivity contribution in [3.8, 4) is 16.9 Å². The fraction of sp³-hybridized carbons (Fsp3) is 0.0741. The van der Waals surface area contributed by atoms with Crippen molar-refractivity contribution in [3.05, 3.63) is 103 Å². The van der Waals surface area contributed by atoms with E-state index in [0.717, 1.165) is 16.9 Å². The molecule has 0 radical (unpaired) electrons. The number of nitrogens with one attached hydrogen (secondary N) is 2. The average molecular weight is 468 g/mol. The van der Waals surface area contributed by atoms with Crippen LogP contribution in [0, 0.1) is 5.82 Å². The quantitative estimate of drug-likeness (QED) is 0.398. The van der Waals surface area contributed by atoms with E-state index < -0.39 is 0 Å². The van der Waals surface area contributed by atoms with Crippen molar-refractivity contribution < 1.29 is 14.0 Å². The van der Waals surface area contributed by atoms with Gasteiger partial charge in [0.05, 0.1) is 11.4 Å². The number of anilines is 2. The number of hydrogen-bond donors (Lipinski definition) is 2. The molecule has 0 spiro atoms. The lowest BCUT2D eigenvalue weighted by atomic mass is 10.1. The molecule has 8 heteroatoms. The summed E-state index contributed by atoms with van der Waals surface area (Å²) in [4.78, 5) is 26.1. The summed E-state index contributed by atoms with van der Waals surface area (Å²) >= 11 is 0. The Hall–Kier alpha value is -4.72. The summed E-state index contributed by atoms with van der Waals surface area (Å²) in [5.74, 6) is -0.640. The van der Waals surface area contributed by atoms with Gasteiger partial charge in [0.2, 0.25) is 5.91 Å². The van der Waals surface area contributed by atoms with Crippen molar-refractivity contribution >= 4 is 29.4 Å². The number of halogens is 1. The van der Waals surface area contributed by atoms with E-state index in [-0.39, 0.29) is 17.8 Å². The first-order valence-corrected chi connectivity index (χ1v) is 11.1. The third-order valence-electron chi connectivity index (χ3n) is 5.60. The van der Waals surface area contributed by atoms with E-state index in [0.29, 0.717) is 30.0 Å². The molecule has 1 fully saturated rings. The molecule has 2 heterocycles. The summed E-state index contributed by atoms with van der Waals surface area (Å²) in [5, 5.41) is 10.3. The van der Waals surface area contributed by atoms with Crippen LogP contribution in [0.1, 0.15) is 5.56 Å². The molecule has 174 valence electrons. The number of benzene rings is 3. The van der Waals surface area contributed by atoms with E-state index >= 15 is 0 Å². The number of hydrogen-bond acceptors (Lipinski definition) is 3. The van der Waals surface area contributed by atoms with Gasteiger partial charge in [0, 0.05) is 47.9 Å². The van der Waals surface area contributed by atoms with E-state index in [4.69, 9.17) is 0 Å². The third kappa shape index (κ3) is 4.96. The second-order valence-electron chi connectivity index (χ2n) is 7.97. The maximum absolute atomic E-state index is 13.5. The Morgan fingerprint density at radius 3 is 2.40 bits per heavy atom. The van der Waals surface area contributed by atoms with Gasteiger partial charge < -0.3 is 10.6 Å². The minimum atomic E-state index is -0.330. The molecule has 0 saturated carbocycles. The first-order valence-electron chi connectivity index (χ1n) is 11.1. The van der Waals surface area contributed by atoms with Crippen molar-refractivity contribution in [2.45, 2.75) is 0 Å². The molecule has 0 aliphatic carbocycles. The van der Waals surface area contributed by atoms with Crippen LogP contribution in [0.3, 0.4) is 0 Å². The van der Waals surface area contributed by atoms with Crippen molar-refractivity contribution in [2.75, 3.05) is 23.3 Å². The second-order valence-corrected chi connectivity index (χ2v) is 7.97. The van der Waals surface area contributed by atoms with Crippen LogP contribution in [0.5, 0.6) is 0 Å². The van der Waals surface area contributed by atoms with Crippen molar-refractivity contribution in [1.29, 1.82) is 0 Å². The number of amides is 3. The number of carbonyl (C=O) groups is 2. The standard InChI is InChI=1S/C27H22FN5O2/c28-21-9-6-19(7-10-21)26-20(18-33(31-26)24-4-2-1-3-5-24)8-15-25(34)30-22-11-13-23(14-12-22)32-17-16-29-27(32)35/h1-15,18H,16-17H2,(H,29,35)(H,30,34)/b15-8+. The molecule has 1 aliphatic heterocycles. The normalized spacial score (nSPS) is 13.3. The topological polar surface area (TPSA) is 79.3 Å². The van der Waals surface area contributed by atoms with Crippen molar-refractivity contribution in [3.63, 3.8) is 0 Å². The maximum Gasteiger partial charge on any atom is 0.321 e. The van der Waals surface area contributed by atoms with Crippen LogP contribution in [-0.4, -0.2) is 34.8 Å². The maximum atomic E-state index is 13.5. The fourth-order valence-corrected chi connectivity index (χ4v) is 3.85. The molecule has 3 aromatic carbocycles. The number of carbonyl (C=O) groups excluding carboxylic acids is 2. The molecule has 0 unspecified atom stereocenters. The van der Waals surface area contributed by atoms with Gasteiger partial charge in [-0.25, -0.2) is 13.9 Å². The van der Waals surface area contributed by atoms with Crippen LogP contribution in [0.25, 0.3) is 23.0 Å². The Morgan fingerprint density at radius 1 is 0.971 bits per heavy atom. The summed E-state index contributed by atoms with van der Waals surface area (Å²) in [7, 11) is 0. The molecule has 7 nitrogen and oxygen atoms in total. The molecule has 1 aromatic heterocycles. The number of para-hydroxylation sites is 1. The lowest BCUT2D eigenvalue weighted by molar-refractivity contribution is -0.111. The van der Waals surface area contributed by atoms with Gasteiger partial charge in [-0.1, -0.05) is 18.2 Å². The zero-order valence-corrected chi connectivity index (χ0v) is 18.7. The minimum Gasteiger partial charge on any atom is -0.336 e. The monoisotopic (exact) mass is 467 g/mol. The first-order chi connectivity index (χ1) is 17.1. The van der Waals surface area contributed by atoms with Crippen LogP contribution in [0.15, 0.2) is 91.1 Å². The highest BCUT2D eigenvalue weighted by Gasteiger charge is 2.20. The SMILES string of the molecule is O=C(/C=C/c1cn(-c2ccccc2)nc1-c1ccc(F)cc1)Nc1ccc(N2CCNC2=O)cc1. The Bertz CT molecular complexity index is 1380. The summed E-state index contributed by atoms with van der Waals surface area (Å²) < 4.78 is 15.2. The van der Waals surface area contributed by atoms with Gasteiger partial charge in [-0.15, -0.1) is 0 Å². The average Bonchev–Trinajstić information content (AvgIpc) is 3.51. The Labute approximate surface area is 201 Å². The predicted molar refractivity (Wildman–Crippen MR) is 134 cm³/mol. The zero-order chi connectivity index (χ0) is 24.2. The summed E-state index contributed by atoms with van der Waals surface area (Å²) in [6, 6.07) is 22.7. The molecule has 1 saturated heterocycles. The van der Waals surface area contributed by atoms with Crippen LogP contribution in [0.2, 0.25) is 0 Å². The summed E-state index contributed by atoms with van der Waals surface area (Å²) in [6.45, 7) is 1.23. The smallest absolute Gasteiger partial charge is 0.321 e. The highest BCUT2D eigenvalue weighted by atomic mass is 19.1. The van der Waals surface area contributed by atoms with Gasteiger partial charge >= 0.3 is 6.03 Å². The molecule has 3 amide bonds. The number of aromatic nitrogens is 2. The molecule has 0 bridgehead atoms. The first kappa shape index (κ1) is 22.1. The molecule has 1 aliphatic rings. The van der Waals surface area contributed by atoms with Crippen LogP contribution in [0.4, 0.5) is 20.6 Å². The van der Waals surface area contributed by atoms with E-state index in [1.807, 2.05) is 36.5 Å². The van der Waals surface area contributed by atoms with Crippen LogP contribution >= 0.6 is 0 Å². The van der Waals surface area contributed by atoms with E-state index in [2.05, 4.69) is 15.7 Å². The minimum absolute atomic E-state index is 0.127. The predicted octanol–water partition coefficient (Wildman–Crippen LogP) is 4.86. The lowest BCUT2D eigenvalue weighted by Crippen LogP contribution is -2.27. The lowest BCUT2D eigenvalue weighted by Gasteiger charge is -2.14. The van der Waals surface area contributed by atoms with E-state index in [1.54, 1.807) is 52.1 Å². The molecule has 4 aromatic rings. The Morgan fingerprint density at radius 2 is 1.71 bits per heavy atom. The highest BCUT2D eigenvalue weighted by molar-refractivity contribution is 6.02. The molecule has 5 rings (SSSR count). The van der Waals surface area contributed by atoms with Gasteiger partial charge in [0.15, 0.2) is 0 Å². The van der Waals surface area contributed by atoms with Gasteiger partial charge in [0.1, 0.15) is 5.82 Å². The molecule has 2 N–H and O–H groups in total. The molecule has 35 heavy (non-hydrogen) atoms. The molecular formula is C27H22FN5O2. The molecular weight excluding hydrogens is 445 g/mol. The van der Waals surface area contributed by atoms with Crippen LogP contribution in [-0.2, 0) is 4.79 Å². The van der Waals surface area contributed by atoms with Crippen molar-refractivity contribution in [2.24, 2.45) is 0 Å². The second kappa shape index (κ2) is 9.64. The van der Waals surface area contributed by atoms with Gasteiger partial charge in [-0.3, -0.25) is 9.69 Å². The third-order valence-corrected chi connectivity index (χ3v) is 5.60. The number of rotatable bonds is 6. The van der Waals surface area contributed by atoms with Gasteiger partial charge in [-0.05, 0) is 66.7 Å². The molecule has 0 atom stereocenters. The van der Waals surface area contributed by atoms with Gasteiger partial charge in [0.25, 0.3) is 0 Å². The Kier molecular flexibility index (Phi) is 6.09. The van der Waals surface area contributed by atoms with E-state index in [9.17, 15) is 14.0 Å². The summed E-state index contributed by atoms with van der Waals surface area (Å²) in [6.07, 6.45) is 4.94.